The van der Waals surface area contributed by atoms with Crippen LogP contribution in [0.4, 0.5) is 5.69 Å². The molecule has 30 heavy (non-hydrogen) atoms. The molecule has 1 saturated heterocycles. The van der Waals surface area contributed by atoms with Crippen molar-refractivity contribution in [3.63, 3.8) is 0 Å². The second kappa shape index (κ2) is 8.54. The fourth-order valence-corrected chi connectivity index (χ4v) is 4.89. The third kappa shape index (κ3) is 3.73. The van der Waals surface area contributed by atoms with E-state index in [0.29, 0.717) is 18.0 Å². The smallest absolute Gasteiger partial charge is 0.0563 e. The molecule has 4 aromatic rings. The Hall–Kier alpha value is -3.39. The number of nitrogens with zero attached hydrogens (tertiary/aromatic N) is 2. The van der Waals surface area contributed by atoms with Crippen LogP contribution in [0, 0.1) is 0 Å². The van der Waals surface area contributed by atoms with Gasteiger partial charge in [-0.3, -0.25) is 4.98 Å². The predicted molar refractivity (Wildman–Crippen MR) is 123 cm³/mol. The van der Waals surface area contributed by atoms with Gasteiger partial charge < -0.3 is 4.90 Å². The van der Waals surface area contributed by atoms with Gasteiger partial charge in [-0.05, 0) is 47.6 Å². The topological polar surface area (TPSA) is 16.1 Å². The molecule has 0 amide bonds. The molecule has 0 radical (unpaired) electrons. The SMILES string of the molecule is c1ccc(C2CC(c3ccccc3)N(c3cccnc3)C(c3ccccc3)C2)cc1. The first-order valence-corrected chi connectivity index (χ1v) is 10.7. The van der Waals surface area contributed by atoms with Gasteiger partial charge in [0.05, 0.1) is 24.0 Å². The van der Waals surface area contributed by atoms with Crippen molar-refractivity contribution in [1.82, 2.24) is 4.98 Å². The monoisotopic (exact) mass is 390 g/mol. The Morgan fingerprint density at radius 2 is 1.07 bits per heavy atom. The molecule has 2 unspecified atom stereocenters. The van der Waals surface area contributed by atoms with Crippen LogP contribution in [0.5, 0.6) is 0 Å². The van der Waals surface area contributed by atoms with Crippen molar-refractivity contribution in [2.45, 2.75) is 30.8 Å². The molecule has 0 N–H and O–H groups in total. The van der Waals surface area contributed by atoms with Crippen LogP contribution in [0.25, 0.3) is 0 Å². The van der Waals surface area contributed by atoms with Gasteiger partial charge in [-0.2, -0.15) is 0 Å². The molecular weight excluding hydrogens is 364 g/mol. The minimum Gasteiger partial charge on any atom is -0.356 e. The Kier molecular flexibility index (Phi) is 5.30. The molecule has 148 valence electrons. The summed E-state index contributed by atoms with van der Waals surface area (Å²) in [6, 6.07) is 37.7. The molecule has 0 spiro atoms. The maximum Gasteiger partial charge on any atom is 0.0563 e. The lowest BCUT2D eigenvalue weighted by atomic mass is 9.77. The lowest BCUT2D eigenvalue weighted by Gasteiger charge is -2.47. The van der Waals surface area contributed by atoms with Crippen molar-refractivity contribution < 1.29 is 0 Å². The fraction of sp³-hybridized carbons (Fsp3) is 0.179. The van der Waals surface area contributed by atoms with Gasteiger partial charge in [-0.15, -0.1) is 0 Å². The first-order chi connectivity index (χ1) is 14.9. The Bertz CT molecular complexity index is 999. The van der Waals surface area contributed by atoms with Crippen LogP contribution in [0.1, 0.15) is 47.5 Å². The summed E-state index contributed by atoms with van der Waals surface area (Å²) < 4.78 is 0. The van der Waals surface area contributed by atoms with Gasteiger partial charge in [-0.25, -0.2) is 0 Å². The van der Waals surface area contributed by atoms with Gasteiger partial charge in [0.15, 0.2) is 0 Å². The molecule has 0 saturated carbocycles. The average molecular weight is 391 g/mol. The Morgan fingerprint density at radius 3 is 1.53 bits per heavy atom. The van der Waals surface area contributed by atoms with E-state index in [0.717, 1.165) is 12.8 Å². The first-order valence-electron chi connectivity index (χ1n) is 10.7. The van der Waals surface area contributed by atoms with Crippen molar-refractivity contribution in [2.75, 3.05) is 4.90 Å². The summed E-state index contributed by atoms with van der Waals surface area (Å²) in [5.41, 5.74) is 5.35. The third-order valence-corrected chi connectivity index (χ3v) is 6.27. The van der Waals surface area contributed by atoms with E-state index in [1.807, 2.05) is 18.5 Å². The van der Waals surface area contributed by atoms with Gasteiger partial charge in [0, 0.05) is 6.20 Å². The van der Waals surface area contributed by atoms with Crippen LogP contribution in [-0.4, -0.2) is 4.98 Å². The summed E-state index contributed by atoms with van der Waals surface area (Å²) in [4.78, 5) is 7.05. The summed E-state index contributed by atoms with van der Waals surface area (Å²) in [7, 11) is 0. The van der Waals surface area contributed by atoms with Crippen LogP contribution in [0.3, 0.4) is 0 Å². The summed E-state index contributed by atoms with van der Waals surface area (Å²) in [6.45, 7) is 0. The second-order valence-electron chi connectivity index (χ2n) is 8.05. The van der Waals surface area contributed by atoms with Crippen LogP contribution < -0.4 is 4.90 Å². The normalized spacial score (nSPS) is 21.3. The zero-order chi connectivity index (χ0) is 20.2. The molecule has 5 rings (SSSR count). The van der Waals surface area contributed by atoms with Crippen LogP contribution in [0.2, 0.25) is 0 Å². The molecule has 0 bridgehead atoms. The van der Waals surface area contributed by atoms with Crippen LogP contribution in [-0.2, 0) is 0 Å². The minimum absolute atomic E-state index is 0.291. The number of hydrogen-bond acceptors (Lipinski definition) is 2. The fourth-order valence-electron chi connectivity index (χ4n) is 4.89. The van der Waals surface area contributed by atoms with Crippen molar-refractivity contribution in [1.29, 1.82) is 0 Å². The second-order valence-corrected chi connectivity index (χ2v) is 8.05. The maximum atomic E-state index is 4.45. The Morgan fingerprint density at radius 1 is 0.567 bits per heavy atom. The molecule has 2 heteroatoms. The number of anilines is 1. The summed E-state index contributed by atoms with van der Waals surface area (Å²) in [6.07, 6.45) is 6.04. The molecular formula is C28H26N2. The Balaban J connectivity index is 1.64. The minimum atomic E-state index is 0.291. The van der Waals surface area contributed by atoms with Crippen molar-refractivity contribution >= 4 is 5.69 Å². The highest BCUT2D eigenvalue weighted by atomic mass is 15.2. The predicted octanol–water partition coefficient (Wildman–Crippen LogP) is 6.95. The van der Waals surface area contributed by atoms with Crippen molar-refractivity contribution in [2.24, 2.45) is 0 Å². The highest BCUT2D eigenvalue weighted by Crippen LogP contribution is 2.49. The van der Waals surface area contributed by atoms with E-state index in [-0.39, 0.29) is 0 Å². The highest BCUT2D eigenvalue weighted by Gasteiger charge is 2.38. The molecule has 1 aromatic heterocycles. The molecule has 2 nitrogen and oxygen atoms in total. The molecule has 1 fully saturated rings. The van der Waals surface area contributed by atoms with Gasteiger partial charge in [0.2, 0.25) is 0 Å². The van der Waals surface area contributed by atoms with Crippen LogP contribution >= 0.6 is 0 Å². The van der Waals surface area contributed by atoms with Gasteiger partial charge in [0.1, 0.15) is 0 Å². The van der Waals surface area contributed by atoms with Gasteiger partial charge >= 0.3 is 0 Å². The van der Waals surface area contributed by atoms with E-state index in [9.17, 15) is 0 Å². The van der Waals surface area contributed by atoms with E-state index in [1.54, 1.807) is 0 Å². The summed E-state index contributed by atoms with van der Waals surface area (Å²) in [5.74, 6) is 0.509. The highest BCUT2D eigenvalue weighted by molar-refractivity contribution is 5.51. The molecule has 0 aliphatic carbocycles. The largest absolute Gasteiger partial charge is 0.356 e. The zero-order valence-electron chi connectivity index (χ0n) is 17.0. The molecule has 1 aliphatic heterocycles. The van der Waals surface area contributed by atoms with E-state index in [4.69, 9.17) is 0 Å². The number of piperidine rings is 1. The van der Waals surface area contributed by atoms with Crippen molar-refractivity contribution in [3.05, 3.63) is 132 Å². The van der Waals surface area contributed by atoms with E-state index in [1.165, 1.54) is 22.4 Å². The van der Waals surface area contributed by atoms with E-state index >= 15 is 0 Å². The van der Waals surface area contributed by atoms with Gasteiger partial charge in [0.25, 0.3) is 0 Å². The Labute approximate surface area is 178 Å². The number of rotatable bonds is 4. The third-order valence-electron chi connectivity index (χ3n) is 6.27. The molecule has 3 aromatic carbocycles. The molecule has 2 atom stereocenters. The van der Waals surface area contributed by atoms with Crippen molar-refractivity contribution in [3.8, 4) is 0 Å². The zero-order valence-corrected chi connectivity index (χ0v) is 17.0. The quantitative estimate of drug-likeness (QED) is 0.375. The molecule has 1 aliphatic rings. The number of benzene rings is 3. The lowest BCUT2D eigenvalue weighted by molar-refractivity contribution is 0.352. The summed E-state index contributed by atoms with van der Waals surface area (Å²) in [5, 5.41) is 0. The van der Waals surface area contributed by atoms with E-state index < -0.39 is 0 Å². The van der Waals surface area contributed by atoms with E-state index in [2.05, 4.69) is 107 Å². The standard InChI is InChI=1S/C28H26N2/c1-4-11-22(12-5-1)25-19-27(23-13-6-2-7-14-23)30(26-17-10-18-29-21-26)28(20-25)24-15-8-3-9-16-24/h1-18,21,25,27-28H,19-20H2. The van der Waals surface area contributed by atoms with Crippen LogP contribution in [0.15, 0.2) is 116 Å². The molecule has 2 heterocycles. The number of pyridine rings is 1. The number of aromatic nitrogens is 1. The average Bonchev–Trinajstić information content (AvgIpc) is 2.85. The summed E-state index contributed by atoms with van der Waals surface area (Å²) >= 11 is 0. The first kappa shape index (κ1) is 18.6. The van der Waals surface area contributed by atoms with Gasteiger partial charge in [-0.1, -0.05) is 91.0 Å². The maximum absolute atomic E-state index is 4.45. The lowest BCUT2D eigenvalue weighted by Crippen LogP contribution is -2.39. The number of hydrogen-bond donors (Lipinski definition) is 0.